The summed E-state index contributed by atoms with van der Waals surface area (Å²) in [6.07, 6.45) is 5.00. The van der Waals surface area contributed by atoms with Crippen LogP contribution in [0.2, 0.25) is 0 Å². The first-order valence-electron chi connectivity index (χ1n) is 1.09. The Hall–Kier alpha value is 0.320. The van der Waals surface area contributed by atoms with Crippen LogP contribution in [0.25, 0.3) is 0 Å². The summed E-state index contributed by atoms with van der Waals surface area (Å²) in [5.41, 5.74) is 0. The van der Waals surface area contributed by atoms with Crippen molar-refractivity contribution in [2.75, 3.05) is 6.26 Å². The van der Waals surface area contributed by atoms with Crippen molar-refractivity contribution in [2.24, 2.45) is 0 Å². The summed E-state index contributed by atoms with van der Waals surface area (Å²) < 4.78 is 9.81. The molecule has 1 nitrogen and oxygen atoms in total. The number of hydrogen-bond donors (Lipinski definition) is 0. The molecule has 0 spiro atoms. The van der Waals surface area contributed by atoms with Gasteiger partial charge in [-0.2, -0.15) is 0 Å². The van der Waals surface area contributed by atoms with Gasteiger partial charge in [-0.25, -0.2) is 0 Å². The van der Waals surface area contributed by atoms with E-state index in [1.807, 2.05) is 0 Å². The zero-order valence-electron chi connectivity index (χ0n) is 2.97. The zero-order chi connectivity index (χ0) is 4.28. The van der Waals surface area contributed by atoms with Crippen molar-refractivity contribution in [1.29, 1.82) is 0 Å². The average molecular weight is 108 g/mol. The molecule has 0 radical (unpaired) electrons. The molecule has 0 saturated heterocycles. The Morgan fingerprint density at radius 1 is 2.00 bits per heavy atom. The van der Waals surface area contributed by atoms with Crippen LogP contribution in [-0.4, -0.2) is 12.6 Å². The van der Waals surface area contributed by atoms with E-state index in [0.717, 1.165) is 0 Å². The second kappa shape index (κ2) is 2.55. The van der Waals surface area contributed by atoms with Gasteiger partial charge >= 0.3 is 0 Å². The molecule has 3 heteroatoms. The van der Waals surface area contributed by atoms with E-state index in [-0.39, 0.29) is 0 Å². The minimum Gasteiger partial charge on any atom is -0.271 e. The van der Waals surface area contributed by atoms with E-state index in [1.165, 1.54) is 11.4 Å². The van der Waals surface area contributed by atoms with Crippen molar-refractivity contribution in [3.05, 3.63) is 0 Å². The van der Waals surface area contributed by atoms with Crippen molar-refractivity contribution in [2.45, 2.75) is 0 Å². The maximum absolute atomic E-state index is 9.81. The van der Waals surface area contributed by atoms with Gasteiger partial charge in [0.1, 0.15) is 6.63 Å². The molecule has 0 heterocycles. The largest absolute Gasteiger partial charge is 0.271 e. The molecule has 1 atom stereocenters. The lowest BCUT2D eigenvalue weighted by Crippen LogP contribution is -1.23. The van der Waals surface area contributed by atoms with Crippen LogP contribution < -0.4 is 0 Å². The summed E-state index contributed by atoms with van der Waals surface area (Å²) in [6.45, 7) is -1.18. The monoisotopic (exact) mass is 108 g/mol. The Labute approximate surface area is 35.9 Å². The lowest BCUT2D eigenvalue weighted by atomic mass is 12.0. The smallest absolute Gasteiger partial charge is 0.150 e. The van der Waals surface area contributed by atoms with E-state index >= 15 is 0 Å². The normalized spacial score (nSPS) is 11.0. The third-order valence-electron chi connectivity index (χ3n) is 0.204. The Bertz CT molecular complexity index is 67.7. The first-order chi connectivity index (χ1) is 2.27. The van der Waals surface area contributed by atoms with Gasteiger partial charge in [0.15, 0.2) is 0 Å². The summed E-state index contributed by atoms with van der Waals surface area (Å²) in [4.78, 5) is 0. The third-order valence-corrected chi connectivity index (χ3v) is 1.83. The lowest BCUT2D eigenvalue weighted by molar-refractivity contribution is 0.604. The summed E-state index contributed by atoms with van der Waals surface area (Å²) in [6, 6.07) is 0. The van der Waals surface area contributed by atoms with Gasteiger partial charge in [-0.15, -0.1) is 0 Å². The number of hydrogen-bond acceptors (Lipinski definition) is 2. The molecule has 0 saturated carbocycles. The molecular formula is C2H5OPS. The molecule has 1 unspecified atom stereocenters. The Kier molecular flexibility index (Phi) is 2.71. The summed E-state index contributed by atoms with van der Waals surface area (Å²) in [5, 5.41) is 0. The SMILES string of the molecule is C=P(=O)SC. The van der Waals surface area contributed by atoms with Crippen LogP contribution in [0.15, 0.2) is 0 Å². The van der Waals surface area contributed by atoms with Gasteiger partial charge < -0.3 is 0 Å². The maximum atomic E-state index is 9.81. The molecule has 0 amide bonds. The molecular weight excluding hydrogens is 103 g/mol. The van der Waals surface area contributed by atoms with Gasteiger partial charge in [0.05, 0.1) is 0 Å². The average Bonchev–Trinajstić information content (AvgIpc) is 1.38. The minimum atomic E-state index is -1.18. The Balaban J connectivity index is 3.23. The molecule has 0 N–H and O–H groups in total. The molecule has 0 aromatic carbocycles. The summed E-state index contributed by atoms with van der Waals surface area (Å²) >= 11 is 1.28. The van der Waals surface area contributed by atoms with E-state index in [4.69, 9.17) is 0 Å². The van der Waals surface area contributed by atoms with E-state index < -0.39 is 6.63 Å². The van der Waals surface area contributed by atoms with Crippen molar-refractivity contribution < 1.29 is 4.57 Å². The second-order valence-electron chi connectivity index (χ2n) is 0.515. The lowest BCUT2D eigenvalue weighted by Gasteiger charge is -1.62. The van der Waals surface area contributed by atoms with Crippen molar-refractivity contribution in [3.8, 4) is 0 Å². The molecule has 0 aromatic rings. The van der Waals surface area contributed by atoms with Crippen LogP contribution in [-0.2, 0) is 4.57 Å². The summed E-state index contributed by atoms with van der Waals surface area (Å²) in [5.74, 6) is 0. The highest BCUT2D eigenvalue weighted by Crippen LogP contribution is 2.18. The van der Waals surface area contributed by atoms with E-state index in [0.29, 0.717) is 0 Å². The van der Waals surface area contributed by atoms with Gasteiger partial charge in [-0.05, 0) is 12.6 Å². The van der Waals surface area contributed by atoms with Crippen molar-refractivity contribution in [3.63, 3.8) is 0 Å². The Morgan fingerprint density at radius 2 is 2.20 bits per heavy atom. The molecule has 0 rings (SSSR count). The van der Waals surface area contributed by atoms with Gasteiger partial charge in [-0.1, -0.05) is 11.4 Å². The molecule has 0 aliphatic heterocycles. The Morgan fingerprint density at radius 3 is 2.20 bits per heavy atom. The molecule has 30 valence electrons. The molecule has 0 aliphatic rings. The second-order valence-corrected chi connectivity index (χ2v) is 3.86. The van der Waals surface area contributed by atoms with E-state index in [1.54, 1.807) is 6.26 Å². The first-order valence-corrected chi connectivity index (χ1v) is 4.36. The fraction of sp³-hybridized carbons (Fsp3) is 0.500. The fourth-order valence-corrected chi connectivity index (χ4v) is 0. The van der Waals surface area contributed by atoms with E-state index in [2.05, 4.69) is 6.30 Å². The predicted molar refractivity (Wildman–Crippen MR) is 28.2 cm³/mol. The van der Waals surface area contributed by atoms with Crippen LogP contribution in [0, 0.1) is 0 Å². The van der Waals surface area contributed by atoms with Gasteiger partial charge in [-0.3, -0.25) is 4.57 Å². The maximum Gasteiger partial charge on any atom is 0.150 e. The molecule has 0 aromatic heterocycles. The highest BCUT2D eigenvalue weighted by Gasteiger charge is 1.63. The van der Waals surface area contributed by atoms with Crippen LogP contribution in [0.5, 0.6) is 0 Å². The van der Waals surface area contributed by atoms with Gasteiger partial charge in [0.2, 0.25) is 0 Å². The third kappa shape index (κ3) is 4.32. The zero-order valence-corrected chi connectivity index (χ0v) is 4.68. The van der Waals surface area contributed by atoms with Crippen LogP contribution in [0.1, 0.15) is 0 Å². The fourth-order valence-electron chi connectivity index (χ4n) is 0. The van der Waals surface area contributed by atoms with Crippen LogP contribution in [0.4, 0.5) is 0 Å². The first kappa shape index (κ1) is 5.32. The van der Waals surface area contributed by atoms with Crippen LogP contribution >= 0.6 is 18.0 Å². The van der Waals surface area contributed by atoms with Gasteiger partial charge in [0, 0.05) is 0 Å². The highest BCUT2D eigenvalue weighted by molar-refractivity contribution is 8.50. The standard InChI is InChI=1S/C2H5OPS/c1-4(3)5-2/h1H2,2H3. The molecule has 0 bridgehead atoms. The quantitative estimate of drug-likeness (QED) is 0.474. The predicted octanol–water partition coefficient (Wildman–Crippen LogP) is 1.52. The molecule has 5 heavy (non-hydrogen) atoms. The minimum absolute atomic E-state index is 1.18. The topological polar surface area (TPSA) is 17.1 Å². The van der Waals surface area contributed by atoms with Gasteiger partial charge in [0.25, 0.3) is 0 Å². The highest BCUT2D eigenvalue weighted by atomic mass is 32.7. The van der Waals surface area contributed by atoms with E-state index in [9.17, 15) is 4.57 Å². The van der Waals surface area contributed by atoms with Crippen molar-refractivity contribution in [1.82, 2.24) is 0 Å². The number of rotatable bonds is 1. The van der Waals surface area contributed by atoms with Crippen molar-refractivity contribution >= 4 is 24.3 Å². The molecule has 0 fully saturated rings. The molecule has 0 aliphatic carbocycles. The summed E-state index contributed by atoms with van der Waals surface area (Å²) in [7, 11) is 0. The van der Waals surface area contributed by atoms with Crippen LogP contribution in [0.3, 0.4) is 0 Å².